The van der Waals surface area contributed by atoms with E-state index in [9.17, 15) is 0 Å². The zero-order chi connectivity index (χ0) is 10.6. The third kappa shape index (κ3) is 2.85. The summed E-state index contributed by atoms with van der Waals surface area (Å²) in [5, 5.41) is 12.9. The van der Waals surface area contributed by atoms with Crippen molar-refractivity contribution in [2.24, 2.45) is 0 Å². The Hall–Kier alpha value is -0.810. The highest BCUT2D eigenvalue weighted by Crippen LogP contribution is 2.24. The van der Waals surface area contributed by atoms with Gasteiger partial charge in [-0.1, -0.05) is 6.92 Å². The lowest BCUT2D eigenvalue weighted by Gasteiger charge is -2.09. The molecule has 78 valence electrons. The smallest absolute Gasteiger partial charge is 0.223 e. The summed E-state index contributed by atoms with van der Waals surface area (Å²) < 4.78 is 0. The van der Waals surface area contributed by atoms with Crippen LogP contribution in [0.1, 0.15) is 12.5 Å². The first kappa shape index (κ1) is 11.3. The van der Waals surface area contributed by atoms with Crippen LogP contribution < -0.4 is 5.32 Å². The van der Waals surface area contributed by atoms with Gasteiger partial charge in [-0.05, 0) is 12.5 Å². The van der Waals surface area contributed by atoms with Crippen LogP contribution in [-0.4, -0.2) is 34.0 Å². The zero-order valence-corrected chi connectivity index (χ0v) is 9.43. The van der Waals surface area contributed by atoms with Crippen molar-refractivity contribution in [3.05, 3.63) is 11.8 Å². The number of nitrogens with zero attached hydrogens (tertiary/aromatic N) is 2. The van der Waals surface area contributed by atoms with Crippen LogP contribution in [0.3, 0.4) is 0 Å². The van der Waals surface area contributed by atoms with Crippen LogP contribution in [0.15, 0.2) is 11.2 Å². The number of hydrogen-bond acceptors (Lipinski definition) is 5. The van der Waals surface area contributed by atoms with Gasteiger partial charge in [-0.3, -0.25) is 0 Å². The lowest BCUT2D eigenvalue weighted by atomic mass is 10.4. The van der Waals surface area contributed by atoms with Crippen molar-refractivity contribution in [3.8, 4) is 0 Å². The van der Waals surface area contributed by atoms with E-state index in [1.165, 1.54) is 0 Å². The second kappa shape index (κ2) is 5.17. The van der Waals surface area contributed by atoms with Crippen LogP contribution in [0, 0.1) is 6.92 Å². The monoisotopic (exact) mass is 213 g/mol. The van der Waals surface area contributed by atoms with Crippen molar-refractivity contribution in [1.29, 1.82) is 0 Å². The molecule has 1 unspecified atom stereocenters. The first-order valence-corrected chi connectivity index (χ1v) is 5.34. The second-order valence-electron chi connectivity index (χ2n) is 3.04. The lowest BCUT2D eigenvalue weighted by molar-refractivity contribution is 0.300. The number of anilines is 1. The molecule has 1 heterocycles. The lowest BCUT2D eigenvalue weighted by Crippen LogP contribution is -2.05. The van der Waals surface area contributed by atoms with E-state index in [2.05, 4.69) is 15.3 Å². The summed E-state index contributed by atoms with van der Waals surface area (Å²) in [6.45, 7) is 4.08. The van der Waals surface area contributed by atoms with E-state index < -0.39 is 0 Å². The fourth-order valence-electron chi connectivity index (χ4n) is 0.894. The first-order chi connectivity index (χ1) is 6.67. The molecule has 5 heteroatoms. The van der Waals surface area contributed by atoms with Crippen LogP contribution in [0.25, 0.3) is 0 Å². The Bertz CT molecular complexity index is 306. The normalized spacial score (nSPS) is 12.6. The summed E-state index contributed by atoms with van der Waals surface area (Å²) in [5.41, 5.74) is 1.04. The molecule has 0 aliphatic heterocycles. The molecule has 0 aliphatic carbocycles. The average Bonchev–Trinajstić information content (AvgIpc) is 2.21. The minimum Gasteiger partial charge on any atom is -0.395 e. The van der Waals surface area contributed by atoms with Gasteiger partial charge < -0.3 is 10.4 Å². The van der Waals surface area contributed by atoms with Gasteiger partial charge in [0.15, 0.2) is 0 Å². The molecule has 1 aromatic heterocycles. The number of thioether (sulfide) groups is 1. The molecule has 14 heavy (non-hydrogen) atoms. The Morgan fingerprint density at radius 2 is 2.36 bits per heavy atom. The highest BCUT2D eigenvalue weighted by molar-refractivity contribution is 7.99. The quantitative estimate of drug-likeness (QED) is 0.583. The Balaban J connectivity index is 2.83. The standard InChI is InChI=1S/C9H15N3OS/c1-6-4-11-9(10-3)12-8(6)14-7(2)5-13/h4,7,13H,5H2,1-3H3,(H,10,11,12). The first-order valence-electron chi connectivity index (χ1n) is 4.46. The maximum absolute atomic E-state index is 8.93. The number of aryl methyl sites for hydroxylation is 1. The van der Waals surface area contributed by atoms with Gasteiger partial charge in [0.2, 0.25) is 5.95 Å². The number of aliphatic hydroxyl groups excluding tert-OH is 1. The molecule has 0 amide bonds. The van der Waals surface area contributed by atoms with E-state index in [1.54, 1.807) is 25.0 Å². The van der Waals surface area contributed by atoms with Crippen molar-refractivity contribution in [2.75, 3.05) is 19.0 Å². The van der Waals surface area contributed by atoms with Crippen LogP contribution in [0.2, 0.25) is 0 Å². The molecular formula is C9H15N3OS. The highest BCUT2D eigenvalue weighted by Gasteiger charge is 2.08. The van der Waals surface area contributed by atoms with Crippen molar-refractivity contribution in [2.45, 2.75) is 24.1 Å². The molecule has 0 saturated heterocycles. The molecule has 1 rings (SSSR count). The summed E-state index contributed by atoms with van der Waals surface area (Å²) in [6.07, 6.45) is 1.78. The molecule has 1 aromatic rings. The molecule has 1 atom stereocenters. The minimum absolute atomic E-state index is 0.156. The summed E-state index contributed by atoms with van der Waals surface area (Å²) in [5.74, 6) is 0.614. The predicted octanol–water partition coefficient (Wildman–Crippen LogP) is 1.30. The van der Waals surface area contributed by atoms with Crippen LogP contribution >= 0.6 is 11.8 Å². The van der Waals surface area contributed by atoms with Gasteiger partial charge in [-0.2, -0.15) is 0 Å². The van der Waals surface area contributed by atoms with Gasteiger partial charge in [0, 0.05) is 18.5 Å². The molecule has 0 aliphatic rings. The summed E-state index contributed by atoms with van der Waals surface area (Å²) in [6, 6.07) is 0. The van der Waals surface area contributed by atoms with Crippen LogP contribution in [0.5, 0.6) is 0 Å². The molecule has 0 radical (unpaired) electrons. The van der Waals surface area contributed by atoms with E-state index in [-0.39, 0.29) is 11.9 Å². The largest absolute Gasteiger partial charge is 0.395 e. The molecule has 0 saturated carbocycles. The molecular weight excluding hydrogens is 198 g/mol. The van der Waals surface area contributed by atoms with Gasteiger partial charge >= 0.3 is 0 Å². The fraction of sp³-hybridized carbons (Fsp3) is 0.556. The maximum Gasteiger partial charge on any atom is 0.223 e. The van der Waals surface area contributed by atoms with E-state index in [1.807, 2.05) is 13.8 Å². The van der Waals surface area contributed by atoms with Gasteiger partial charge in [-0.25, -0.2) is 9.97 Å². The minimum atomic E-state index is 0.156. The van der Waals surface area contributed by atoms with Crippen molar-refractivity contribution in [3.63, 3.8) is 0 Å². The fourth-order valence-corrected chi connectivity index (χ4v) is 1.73. The molecule has 2 N–H and O–H groups in total. The number of aromatic nitrogens is 2. The number of rotatable bonds is 4. The van der Waals surface area contributed by atoms with Crippen molar-refractivity contribution in [1.82, 2.24) is 9.97 Å². The average molecular weight is 213 g/mol. The zero-order valence-electron chi connectivity index (χ0n) is 8.61. The van der Waals surface area contributed by atoms with Gasteiger partial charge in [0.05, 0.1) is 6.61 Å². The van der Waals surface area contributed by atoms with Crippen molar-refractivity contribution < 1.29 is 5.11 Å². The molecule has 4 nitrogen and oxygen atoms in total. The summed E-state index contributed by atoms with van der Waals surface area (Å²) in [4.78, 5) is 8.40. The number of nitrogens with one attached hydrogen (secondary N) is 1. The third-order valence-electron chi connectivity index (χ3n) is 1.72. The van der Waals surface area contributed by atoms with Crippen LogP contribution in [0.4, 0.5) is 5.95 Å². The van der Waals surface area contributed by atoms with Crippen LogP contribution in [-0.2, 0) is 0 Å². The topological polar surface area (TPSA) is 58.0 Å². The highest BCUT2D eigenvalue weighted by atomic mass is 32.2. The van der Waals surface area contributed by atoms with Gasteiger partial charge in [-0.15, -0.1) is 11.8 Å². The Morgan fingerprint density at radius 1 is 1.64 bits per heavy atom. The Morgan fingerprint density at radius 3 is 2.93 bits per heavy atom. The molecule has 0 spiro atoms. The van der Waals surface area contributed by atoms with E-state index in [0.29, 0.717) is 5.95 Å². The SMILES string of the molecule is CNc1ncc(C)c(SC(C)CO)n1. The second-order valence-corrected chi connectivity index (χ2v) is 4.47. The van der Waals surface area contributed by atoms with Gasteiger partial charge in [0.1, 0.15) is 5.03 Å². The molecule has 0 bridgehead atoms. The number of aliphatic hydroxyl groups is 1. The number of hydrogen-bond donors (Lipinski definition) is 2. The van der Waals surface area contributed by atoms with Crippen molar-refractivity contribution >= 4 is 17.7 Å². The molecule has 0 aromatic carbocycles. The van der Waals surface area contributed by atoms with E-state index in [4.69, 9.17) is 5.11 Å². The Labute approximate surface area is 88.2 Å². The third-order valence-corrected chi connectivity index (χ3v) is 2.91. The Kier molecular flexibility index (Phi) is 4.16. The molecule has 0 fully saturated rings. The van der Waals surface area contributed by atoms with Gasteiger partial charge in [0.25, 0.3) is 0 Å². The maximum atomic E-state index is 8.93. The summed E-state index contributed by atoms with van der Waals surface area (Å²) in [7, 11) is 1.79. The van der Waals surface area contributed by atoms with E-state index >= 15 is 0 Å². The predicted molar refractivity (Wildman–Crippen MR) is 58.7 cm³/mol. The summed E-state index contributed by atoms with van der Waals surface area (Å²) >= 11 is 1.56. The van der Waals surface area contributed by atoms with E-state index in [0.717, 1.165) is 10.6 Å².